The fraction of sp³-hybridized carbons (Fsp3) is 0.412. The first-order valence-electron chi connectivity index (χ1n) is 7.96. The van der Waals surface area contributed by atoms with Crippen molar-refractivity contribution in [3.63, 3.8) is 0 Å². The Morgan fingerprint density at radius 2 is 1.96 bits per heavy atom. The van der Waals surface area contributed by atoms with Gasteiger partial charge in [-0.2, -0.15) is 0 Å². The van der Waals surface area contributed by atoms with Gasteiger partial charge < -0.3 is 15.5 Å². The average Bonchev–Trinajstić information content (AvgIpc) is 2.57. The average molecular weight is 328 g/mol. The molecule has 0 fully saturated rings. The van der Waals surface area contributed by atoms with Gasteiger partial charge >= 0.3 is 0 Å². The van der Waals surface area contributed by atoms with Gasteiger partial charge in [0.05, 0.1) is 0 Å². The van der Waals surface area contributed by atoms with Gasteiger partial charge in [0.1, 0.15) is 5.69 Å². The smallest absolute Gasteiger partial charge is 0.270 e. The van der Waals surface area contributed by atoms with Crippen molar-refractivity contribution in [1.29, 1.82) is 0 Å². The molecule has 1 amide bonds. The molecule has 0 radical (unpaired) electrons. The highest BCUT2D eigenvalue weighted by Gasteiger charge is 2.10. The summed E-state index contributed by atoms with van der Waals surface area (Å²) in [7, 11) is 4.02. The summed E-state index contributed by atoms with van der Waals surface area (Å²) < 4.78 is 0. The summed E-state index contributed by atoms with van der Waals surface area (Å²) >= 11 is 0. The Kier molecular flexibility index (Phi) is 6.62. The predicted octanol–water partition coefficient (Wildman–Crippen LogP) is 1.47. The highest BCUT2D eigenvalue weighted by atomic mass is 16.1. The van der Waals surface area contributed by atoms with Crippen molar-refractivity contribution in [2.24, 2.45) is 0 Å². The van der Waals surface area contributed by atoms with Gasteiger partial charge in [-0.05, 0) is 57.7 Å². The Balaban J connectivity index is 1.93. The van der Waals surface area contributed by atoms with Crippen molar-refractivity contribution >= 4 is 11.9 Å². The van der Waals surface area contributed by atoms with Crippen LogP contribution in [-0.2, 0) is 6.54 Å². The molecule has 2 N–H and O–H groups in total. The molecule has 0 aliphatic heterocycles. The van der Waals surface area contributed by atoms with E-state index >= 15 is 0 Å². The van der Waals surface area contributed by atoms with Gasteiger partial charge in [-0.15, -0.1) is 0 Å². The molecule has 2 heterocycles. The van der Waals surface area contributed by atoms with Crippen LogP contribution in [0, 0.1) is 6.92 Å². The number of hydrogen-bond donors (Lipinski definition) is 2. The van der Waals surface area contributed by atoms with Crippen LogP contribution in [0.4, 0.5) is 5.95 Å². The molecule has 2 rings (SSSR count). The van der Waals surface area contributed by atoms with E-state index in [0.29, 0.717) is 24.7 Å². The highest BCUT2D eigenvalue weighted by Crippen LogP contribution is 2.07. The van der Waals surface area contributed by atoms with Crippen molar-refractivity contribution in [2.45, 2.75) is 19.9 Å². The van der Waals surface area contributed by atoms with Crippen LogP contribution in [-0.4, -0.2) is 52.9 Å². The van der Waals surface area contributed by atoms with Gasteiger partial charge in [-0.1, -0.05) is 0 Å². The zero-order valence-corrected chi connectivity index (χ0v) is 14.4. The number of pyridine rings is 1. The number of rotatable bonds is 8. The SMILES string of the molecule is Cc1cc(C(=O)NCCCN(C)C)nc(NCc2ccncc2)n1. The fourth-order valence-corrected chi connectivity index (χ4v) is 2.13. The van der Waals surface area contributed by atoms with E-state index < -0.39 is 0 Å². The topological polar surface area (TPSA) is 83.0 Å². The number of hydrogen-bond acceptors (Lipinski definition) is 6. The molecule has 0 aliphatic carbocycles. The first-order chi connectivity index (χ1) is 11.5. The van der Waals surface area contributed by atoms with E-state index in [4.69, 9.17) is 0 Å². The molecule has 0 aliphatic rings. The second-order valence-electron chi connectivity index (χ2n) is 5.84. The number of nitrogens with one attached hydrogen (secondary N) is 2. The summed E-state index contributed by atoms with van der Waals surface area (Å²) in [5.41, 5.74) is 2.20. The third-order valence-corrected chi connectivity index (χ3v) is 3.35. The van der Waals surface area contributed by atoms with E-state index in [1.165, 1.54) is 0 Å². The van der Waals surface area contributed by atoms with Gasteiger partial charge in [0.2, 0.25) is 5.95 Å². The molecule has 0 aromatic carbocycles. The third kappa shape index (κ3) is 5.92. The number of amides is 1. The van der Waals surface area contributed by atoms with Gasteiger partial charge in [0.25, 0.3) is 5.91 Å². The summed E-state index contributed by atoms with van der Waals surface area (Å²) in [6, 6.07) is 5.53. The molecule has 0 bridgehead atoms. The molecule has 7 nitrogen and oxygen atoms in total. The maximum Gasteiger partial charge on any atom is 0.270 e. The quantitative estimate of drug-likeness (QED) is 0.714. The lowest BCUT2D eigenvalue weighted by molar-refractivity contribution is 0.0947. The van der Waals surface area contributed by atoms with E-state index in [1.54, 1.807) is 18.5 Å². The summed E-state index contributed by atoms with van der Waals surface area (Å²) in [5, 5.41) is 6.03. The molecular weight excluding hydrogens is 304 g/mol. The first-order valence-corrected chi connectivity index (χ1v) is 7.96. The van der Waals surface area contributed by atoms with E-state index in [9.17, 15) is 4.79 Å². The number of anilines is 1. The van der Waals surface area contributed by atoms with E-state index in [1.807, 2.05) is 33.2 Å². The zero-order valence-electron chi connectivity index (χ0n) is 14.4. The second kappa shape index (κ2) is 8.93. The van der Waals surface area contributed by atoms with Gasteiger partial charge in [0.15, 0.2) is 0 Å². The lowest BCUT2D eigenvalue weighted by Gasteiger charge is -2.11. The molecular formula is C17H24N6O. The number of carbonyl (C=O) groups excluding carboxylic acids is 1. The van der Waals surface area contributed by atoms with E-state index in [-0.39, 0.29) is 5.91 Å². The Morgan fingerprint density at radius 3 is 2.67 bits per heavy atom. The van der Waals surface area contributed by atoms with Gasteiger partial charge in [-0.25, -0.2) is 9.97 Å². The molecule has 128 valence electrons. The summed E-state index contributed by atoms with van der Waals surface area (Å²) in [6.07, 6.45) is 4.37. The minimum Gasteiger partial charge on any atom is -0.351 e. The van der Waals surface area contributed by atoms with Crippen molar-refractivity contribution < 1.29 is 4.79 Å². The lowest BCUT2D eigenvalue weighted by Crippen LogP contribution is -2.28. The fourth-order valence-electron chi connectivity index (χ4n) is 2.13. The third-order valence-electron chi connectivity index (χ3n) is 3.35. The maximum atomic E-state index is 12.2. The van der Waals surface area contributed by atoms with Crippen LogP contribution in [0.1, 0.15) is 28.2 Å². The monoisotopic (exact) mass is 328 g/mol. The summed E-state index contributed by atoms with van der Waals surface area (Å²) in [6.45, 7) is 3.99. The lowest BCUT2D eigenvalue weighted by atomic mass is 10.3. The number of carbonyl (C=O) groups is 1. The summed E-state index contributed by atoms with van der Waals surface area (Å²) in [5.74, 6) is 0.275. The van der Waals surface area contributed by atoms with Crippen molar-refractivity contribution in [3.05, 3.63) is 47.5 Å². The molecule has 2 aromatic rings. The second-order valence-corrected chi connectivity index (χ2v) is 5.84. The first kappa shape index (κ1) is 17.8. The van der Waals surface area contributed by atoms with Crippen LogP contribution in [0.25, 0.3) is 0 Å². The van der Waals surface area contributed by atoms with Crippen LogP contribution < -0.4 is 10.6 Å². The minimum absolute atomic E-state index is 0.175. The van der Waals surface area contributed by atoms with Crippen LogP contribution in [0.3, 0.4) is 0 Å². The van der Waals surface area contributed by atoms with Crippen LogP contribution >= 0.6 is 0 Å². The predicted molar refractivity (Wildman–Crippen MR) is 93.8 cm³/mol. The maximum absolute atomic E-state index is 12.2. The normalized spacial score (nSPS) is 10.7. The van der Waals surface area contributed by atoms with Crippen molar-refractivity contribution in [2.75, 3.05) is 32.5 Å². The van der Waals surface area contributed by atoms with Crippen LogP contribution in [0.5, 0.6) is 0 Å². The standard InChI is InChI=1S/C17H24N6O/c1-13-11-15(16(24)19-7-4-10-23(2)3)22-17(21-13)20-12-14-5-8-18-9-6-14/h5-6,8-9,11H,4,7,10,12H2,1-3H3,(H,19,24)(H,20,21,22). The molecule has 0 spiro atoms. The molecule has 0 saturated heterocycles. The zero-order chi connectivity index (χ0) is 17.4. The molecule has 0 atom stereocenters. The molecule has 7 heteroatoms. The van der Waals surface area contributed by atoms with E-state index in [0.717, 1.165) is 24.2 Å². The van der Waals surface area contributed by atoms with Crippen molar-refractivity contribution in [1.82, 2.24) is 25.2 Å². The number of aryl methyl sites for hydroxylation is 1. The molecule has 0 unspecified atom stereocenters. The van der Waals surface area contributed by atoms with E-state index in [2.05, 4.69) is 30.5 Å². The molecule has 0 saturated carbocycles. The summed E-state index contributed by atoms with van der Waals surface area (Å²) in [4.78, 5) is 26.9. The number of aromatic nitrogens is 3. The van der Waals surface area contributed by atoms with Gasteiger partial charge in [-0.3, -0.25) is 9.78 Å². The Morgan fingerprint density at radius 1 is 1.21 bits per heavy atom. The van der Waals surface area contributed by atoms with Gasteiger partial charge in [0, 0.05) is 31.2 Å². The van der Waals surface area contributed by atoms with Crippen LogP contribution in [0.2, 0.25) is 0 Å². The Bertz CT molecular complexity index is 659. The highest BCUT2D eigenvalue weighted by molar-refractivity contribution is 5.92. The van der Waals surface area contributed by atoms with Crippen molar-refractivity contribution in [3.8, 4) is 0 Å². The molecule has 24 heavy (non-hydrogen) atoms. The number of nitrogens with zero attached hydrogens (tertiary/aromatic N) is 4. The van der Waals surface area contributed by atoms with Crippen LogP contribution in [0.15, 0.2) is 30.6 Å². The largest absolute Gasteiger partial charge is 0.351 e. The Hall–Kier alpha value is -2.54. The molecule has 2 aromatic heterocycles. The minimum atomic E-state index is -0.175. The Labute approximate surface area is 142 Å².